The fraction of sp³-hybridized carbons (Fsp3) is 1.00. The Morgan fingerprint density at radius 3 is 0.611 bits per heavy atom. The van der Waals surface area contributed by atoms with Gasteiger partial charge in [0.15, 0.2) is 0 Å². The van der Waals surface area contributed by atoms with Crippen molar-refractivity contribution in [2.75, 3.05) is 11.5 Å². The Hall–Kier alpha value is 0.700. The van der Waals surface area contributed by atoms with E-state index in [1.54, 1.807) is 0 Å². The molecule has 0 aliphatic heterocycles. The highest BCUT2D eigenvalue weighted by molar-refractivity contribution is 7.80. The maximum Gasteiger partial charge on any atom is -0.00979 e. The second-order valence-electron chi connectivity index (χ2n) is 5.40. The van der Waals surface area contributed by atoms with Crippen LogP contribution in [0.25, 0.3) is 0 Å². The first-order valence-electron chi connectivity index (χ1n) is 8.13. The van der Waals surface area contributed by atoms with Crippen molar-refractivity contribution in [1.29, 1.82) is 0 Å². The summed E-state index contributed by atoms with van der Waals surface area (Å²) in [6.07, 6.45) is 19.8. The topological polar surface area (TPSA) is 0 Å². The number of rotatable bonds is 15. The molecular formula is C16H34S2. The molecule has 2 heteroatoms. The molecule has 0 amide bonds. The van der Waals surface area contributed by atoms with Gasteiger partial charge in [0.05, 0.1) is 0 Å². The molecule has 0 aromatic carbocycles. The molecule has 18 heavy (non-hydrogen) atoms. The highest BCUT2D eigenvalue weighted by Gasteiger charge is 1.93. The molecule has 0 aromatic heterocycles. The Morgan fingerprint density at radius 1 is 0.278 bits per heavy atom. The van der Waals surface area contributed by atoms with Crippen LogP contribution in [0.3, 0.4) is 0 Å². The Morgan fingerprint density at radius 2 is 0.444 bits per heavy atom. The number of hydrogen-bond donors (Lipinski definition) is 2. The minimum Gasteiger partial charge on any atom is -0.179 e. The summed E-state index contributed by atoms with van der Waals surface area (Å²) in [5, 5.41) is 0. The number of hydrogen-bond acceptors (Lipinski definition) is 2. The second-order valence-corrected chi connectivity index (χ2v) is 6.29. The first kappa shape index (κ1) is 18.7. The molecule has 0 radical (unpaired) electrons. The zero-order valence-electron chi connectivity index (χ0n) is 12.2. The van der Waals surface area contributed by atoms with E-state index < -0.39 is 0 Å². The van der Waals surface area contributed by atoms with Crippen LogP contribution in [0.1, 0.15) is 89.9 Å². The van der Waals surface area contributed by atoms with E-state index in [1.165, 1.54) is 89.9 Å². The molecule has 0 aliphatic carbocycles. The van der Waals surface area contributed by atoms with Gasteiger partial charge in [-0.15, -0.1) is 0 Å². The third-order valence-corrected chi connectivity index (χ3v) is 4.20. The standard InChI is InChI=1S/C16H34S2/c17-15-13-11-9-7-5-3-1-2-4-6-8-10-12-14-16-18/h17-18H,1-16H2. The van der Waals surface area contributed by atoms with E-state index >= 15 is 0 Å². The Labute approximate surface area is 127 Å². The monoisotopic (exact) mass is 290 g/mol. The molecule has 0 rings (SSSR count). The van der Waals surface area contributed by atoms with Crippen molar-refractivity contribution in [3.63, 3.8) is 0 Å². The first-order valence-corrected chi connectivity index (χ1v) is 9.40. The highest BCUT2D eigenvalue weighted by Crippen LogP contribution is 2.13. The van der Waals surface area contributed by atoms with E-state index in [4.69, 9.17) is 0 Å². The minimum absolute atomic E-state index is 1.06. The normalized spacial score (nSPS) is 11.0. The van der Waals surface area contributed by atoms with Crippen LogP contribution in [0, 0.1) is 0 Å². The summed E-state index contributed by atoms with van der Waals surface area (Å²) in [6.45, 7) is 0. The second kappa shape index (κ2) is 17.7. The summed E-state index contributed by atoms with van der Waals surface area (Å²) in [5.74, 6) is 2.13. The van der Waals surface area contributed by atoms with Gasteiger partial charge in [-0.3, -0.25) is 0 Å². The van der Waals surface area contributed by atoms with Crippen molar-refractivity contribution in [2.45, 2.75) is 89.9 Å². The van der Waals surface area contributed by atoms with Crippen molar-refractivity contribution in [3.8, 4) is 0 Å². The fourth-order valence-corrected chi connectivity index (χ4v) is 2.79. The van der Waals surface area contributed by atoms with Crippen LogP contribution in [0.15, 0.2) is 0 Å². The molecule has 0 bridgehead atoms. The molecular weight excluding hydrogens is 256 g/mol. The summed E-state index contributed by atoms with van der Waals surface area (Å²) in [7, 11) is 0. The van der Waals surface area contributed by atoms with Gasteiger partial charge in [-0.25, -0.2) is 0 Å². The average molecular weight is 291 g/mol. The van der Waals surface area contributed by atoms with Gasteiger partial charge in [-0.05, 0) is 24.3 Å². The van der Waals surface area contributed by atoms with E-state index in [-0.39, 0.29) is 0 Å². The van der Waals surface area contributed by atoms with Gasteiger partial charge in [-0.1, -0.05) is 77.0 Å². The maximum atomic E-state index is 4.23. The Bertz CT molecular complexity index is 121. The van der Waals surface area contributed by atoms with Crippen LogP contribution in [0.2, 0.25) is 0 Å². The Balaban J connectivity index is 2.86. The lowest BCUT2D eigenvalue weighted by Gasteiger charge is -2.02. The van der Waals surface area contributed by atoms with Gasteiger partial charge in [0.2, 0.25) is 0 Å². The average Bonchev–Trinajstić information content (AvgIpc) is 2.39. The van der Waals surface area contributed by atoms with E-state index in [9.17, 15) is 0 Å². The van der Waals surface area contributed by atoms with E-state index in [0.717, 1.165) is 11.5 Å². The summed E-state index contributed by atoms with van der Waals surface area (Å²) in [4.78, 5) is 0. The SMILES string of the molecule is SCCCCCCCCCCCCCCCCS. The quantitative estimate of drug-likeness (QED) is 0.256. The van der Waals surface area contributed by atoms with Crippen LogP contribution >= 0.6 is 25.3 Å². The molecule has 0 saturated heterocycles. The summed E-state index contributed by atoms with van der Waals surface area (Å²) < 4.78 is 0. The first-order chi connectivity index (χ1) is 8.91. The lowest BCUT2D eigenvalue weighted by Crippen LogP contribution is -1.84. The Kier molecular flexibility index (Phi) is 18.4. The van der Waals surface area contributed by atoms with E-state index in [0.29, 0.717) is 0 Å². The summed E-state index contributed by atoms with van der Waals surface area (Å²) in [5.41, 5.74) is 0. The van der Waals surface area contributed by atoms with Crippen LogP contribution in [-0.2, 0) is 0 Å². The molecule has 0 spiro atoms. The van der Waals surface area contributed by atoms with Crippen molar-refractivity contribution < 1.29 is 0 Å². The molecule has 0 aliphatic rings. The van der Waals surface area contributed by atoms with Gasteiger partial charge >= 0.3 is 0 Å². The minimum atomic E-state index is 1.06. The largest absolute Gasteiger partial charge is 0.179 e. The number of thiol groups is 2. The molecule has 0 nitrogen and oxygen atoms in total. The lowest BCUT2D eigenvalue weighted by atomic mass is 10.0. The van der Waals surface area contributed by atoms with Gasteiger partial charge < -0.3 is 0 Å². The predicted molar refractivity (Wildman–Crippen MR) is 92.3 cm³/mol. The van der Waals surface area contributed by atoms with Gasteiger partial charge in [-0.2, -0.15) is 25.3 Å². The maximum absolute atomic E-state index is 4.23. The van der Waals surface area contributed by atoms with Gasteiger partial charge in [0, 0.05) is 0 Å². The molecule has 0 fully saturated rings. The molecule has 0 N–H and O–H groups in total. The van der Waals surface area contributed by atoms with Crippen molar-refractivity contribution >= 4 is 25.3 Å². The van der Waals surface area contributed by atoms with Crippen LogP contribution in [-0.4, -0.2) is 11.5 Å². The van der Waals surface area contributed by atoms with Crippen molar-refractivity contribution in [3.05, 3.63) is 0 Å². The number of unbranched alkanes of at least 4 members (excludes halogenated alkanes) is 13. The zero-order chi connectivity index (χ0) is 13.3. The molecule has 0 saturated carbocycles. The van der Waals surface area contributed by atoms with Gasteiger partial charge in [0.1, 0.15) is 0 Å². The summed E-state index contributed by atoms with van der Waals surface area (Å²) in [6, 6.07) is 0. The van der Waals surface area contributed by atoms with Crippen molar-refractivity contribution in [1.82, 2.24) is 0 Å². The molecule has 0 heterocycles. The third-order valence-electron chi connectivity index (χ3n) is 3.57. The lowest BCUT2D eigenvalue weighted by molar-refractivity contribution is 0.539. The molecule has 0 unspecified atom stereocenters. The van der Waals surface area contributed by atoms with Crippen LogP contribution in [0.4, 0.5) is 0 Å². The zero-order valence-corrected chi connectivity index (χ0v) is 14.0. The van der Waals surface area contributed by atoms with Gasteiger partial charge in [0.25, 0.3) is 0 Å². The highest BCUT2D eigenvalue weighted by atomic mass is 32.1. The van der Waals surface area contributed by atoms with Crippen LogP contribution in [0.5, 0.6) is 0 Å². The fourth-order valence-electron chi connectivity index (χ4n) is 2.34. The summed E-state index contributed by atoms with van der Waals surface area (Å²) >= 11 is 8.47. The molecule has 0 atom stereocenters. The predicted octanol–water partition coefficient (Wildman–Crippen LogP) is 6.31. The van der Waals surface area contributed by atoms with E-state index in [2.05, 4.69) is 25.3 Å². The van der Waals surface area contributed by atoms with Crippen LogP contribution < -0.4 is 0 Å². The van der Waals surface area contributed by atoms with Crippen molar-refractivity contribution in [2.24, 2.45) is 0 Å². The smallest absolute Gasteiger partial charge is 0.00979 e. The molecule has 110 valence electrons. The molecule has 0 aromatic rings. The third kappa shape index (κ3) is 16.7. The van der Waals surface area contributed by atoms with E-state index in [1.807, 2.05) is 0 Å².